The van der Waals surface area contributed by atoms with Crippen molar-refractivity contribution in [3.05, 3.63) is 124 Å². The molecule has 0 heterocycles. The van der Waals surface area contributed by atoms with Gasteiger partial charge in [0.2, 0.25) is 11.8 Å². The zero-order chi connectivity index (χ0) is 34.1. The lowest BCUT2D eigenvalue weighted by Gasteiger charge is -2.34. The highest BCUT2D eigenvalue weighted by atomic mass is 79.9. The van der Waals surface area contributed by atoms with Gasteiger partial charge in [-0.2, -0.15) is 0 Å². The molecule has 0 aromatic heterocycles. The number of anilines is 1. The van der Waals surface area contributed by atoms with E-state index in [9.17, 15) is 18.0 Å². The van der Waals surface area contributed by atoms with Crippen LogP contribution >= 0.6 is 15.9 Å². The number of halogens is 1. The quantitative estimate of drug-likeness (QED) is 0.150. The van der Waals surface area contributed by atoms with Gasteiger partial charge in [0.25, 0.3) is 10.0 Å². The van der Waals surface area contributed by atoms with E-state index in [1.807, 2.05) is 68.4 Å². The zero-order valence-electron chi connectivity index (χ0n) is 27.3. The Labute approximate surface area is 292 Å². The lowest BCUT2D eigenvalue weighted by Crippen LogP contribution is -2.54. The first-order chi connectivity index (χ1) is 23.1. The standard InChI is InChI=1S/C38H42BrN3O5S/c1-3-47-34-21-19-33(20-22-34)42(48(45,46)35-23-17-31(39)18-24-35)27-37(43)41(26-30-15-13-28(2)14-16-30)36(25-29-9-5-4-6-10-29)38(44)40-32-11-7-8-12-32/h4-6,9-10,13-24,32,36H,3,7-8,11-12,25-27H2,1-2H3,(H,40,44)/t36-/m1/s1. The molecule has 1 N–H and O–H groups in total. The van der Waals surface area contributed by atoms with Gasteiger partial charge < -0.3 is 15.0 Å². The van der Waals surface area contributed by atoms with Crippen LogP contribution in [0.3, 0.4) is 0 Å². The summed E-state index contributed by atoms with van der Waals surface area (Å²) in [6.07, 6.45) is 4.16. The summed E-state index contributed by atoms with van der Waals surface area (Å²) in [4.78, 5) is 30.4. The fourth-order valence-corrected chi connectivity index (χ4v) is 7.63. The number of carbonyl (C=O) groups excluding carboxylic acids is 2. The summed E-state index contributed by atoms with van der Waals surface area (Å²) < 4.78 is 36.0. The molecule has 5 rings (SSSR count). The summed E-state index contributed by atoms with van der Waals surface area (Å²) in [7, 11) is -4.20. The zero-order valence-corrected chi connectivity index (χ0v) is 29.8. The van der Waals surface area contributed by atoms with Gasteiger partial charge in [0.05, 0.1) is 17.2 Å². The van der Waals surface area contributed by atoms with Gasteiger partial charge in [0.1, 0.15) is 18.3 Å². The third kappa shape index (κ3) is 9.05. The molecule has 0 aliphatic heterocycles. The smallest absolute Gasteiger partial charge is 0.264 e. The Morgan fingerprint density at radius 2 is 1.52 bits per heavy atom. The van der Waals surface area contributed by atoms with E-state index in [0.29, 0.717) is 18.0 Å². The lowest BCUT2D eigenvalue weighted by atomic mass is 10.0. The summed E-state index contributed by atoms with van der Waals surface area (Å²) in [6, 6.07) is 29.5. The molecule has 0 spiro atoms. The van der Waals surface area contributed by atoms with Crippen molar-refractivity contribution in [3.8, 4) is 5.75 Å². The average molecular weight is 733 g/mol. The molecule has 0 saturated heterocycles. The van der Waals surface area contributed by atoms with Gasteiger partial charge in [0, 0.05) is 23.5 Å². The number of sulfonamides is 1. The molecule has 1 aliphatic rings. The Balaban J connectivity index is 1.56. The summed E-state index contributed by atoms with van der Waals surface area (Å²) in [5.74, 6) is -0.150. The molecule has 1 fully saturated rings. The van der Waals surface area contributed by atoms with Crippen LogP contribution in [0.25, 0.3) is 0 Å². The van der Waals surface area contributed by atoms with Crippen molar-refractivity contribution in [2.24, 2.45) is 0 Å². The van der Waals surface area contributed by atoms with Crippen LogP contribution in [-0.2, 0) is 32.6 Å². The minimum absolute atomic E-state index is 0.0391. The van der Waals surface area contributed by atoms with E-state index >= 15 is 0 Å². The number of hydrogen-bond donors (Lipinski definition) is 1. The van der Waals surface area contributed by atoms with Crippen molar-refractivity contribution < 1.29 is 22.7 Å². The van der Waals surface area contributed by atoms with Gasteiger partial charge >= 0.3 is 0 Å². The Morgan fingerprint density at radius 1 is 0.875 bits per heavy atom. The molecule has 4 aromatic rings. The van der Waals surface area contributed by atoms with Crippen molar-refractivity contribution in [2.75, 3.05) is 17.5 Å². The molecule has 252 valence electrons. The minimum Gasteiger partial charge on any atom is -0.494 e. The summed E-state index contributed by atoms with van der Waals surface area (Å²) in [5, 5.41) is 3.21. The van der Waals surface area contributed by atoms with E-state index in [4.69, 9.17) is 4.74 Å². The molecular formula is C38H42BrN3O5S. The topological polar surface area (TPSA) is 96.0 Å². The molecular weight excluding hydrogens is 690 g/mol. The van der Waals surface area contributed by atoms with E-state index in [0.717, 1.165) is 51.2 Å². The molecule has 1 atom stereocenters. The Kier molecular flexibility index (Phi) is 11.9. The van der Waals surface area contributed by atoms with Crippen molar-refractivity contribution in [2.45, 2.75) is 69.5 Å². The second kappa shape index (κ2) is 16.3. The van der Waals surface area contributed by atoms with Crippen LogP contribution < -0.4 is 14.4 Å². The summed E-state index contributed by atoms with van der Waals surface area (Å²) >= 11 is 3.38. The molecule has 0 unspecified atom stereocenters. The first kappa shape index (κ1) is 35.2. The fourth-order valence-electron chi connectivity index (χ4n) is 5.95. The second-order valence-electron chi connectivity index (χ2n) is 12.1. The average Bonchev–Trinajstić information content (AvgIpc) is 3.60. The summed E-state index contributed by atoms with van der Waals surface area (Å²) in [6.45, 7) is 3.93. The number of aryl methyl sites for hydroxylation is 1. The molecule has 0 bridgehead atoms. The molecule has 10 heteroatoms. The van der Waals surface area contributed by atoms with Crippen LogP contribution in [-0.4, -0.2) is 50.4 Å². The highest BCUT2D eigenvalue weighted by Crippen LogP contribution is 2.28. The third-order valence-electron chi connectivity index (χ3n) is 8.56. The minimum atomic E-state index is -4.20. The molecule has 48 heavy (non-hydrogen) atoms. The maximum Gasteiger partial charge on any atom is 0.264 e. The van der Waals surface area contributed by atoms with Crippen LogP contribution in [0.1, 0.15) is 49.3 Å². The van der Waals surface area contributed by atoms with Gasteiger partial charge in [0.15, 0.2) is 0 Å². The SMILES string of the molecule is CCOc1ccc(N(CC(=O)N(Cc2ccc(C)cc2)[C@H](Cc2ccccc2)C(=O)NC2CCCC2)S(=O)(=O)c2ccc(Br)cc2)cc1. The maximum absolute atomic E-state index is 14.7. The number of nitrogens with one attached hydrogen (secondary N) is 1. The van der Waals surface area contributed by atoms with Crippen LogP contribution in [0.15, 0.2) is 112 Å². The highest BCUT2D eigenvalue weighted by molar-refractivity contribution is 9.10. The van der Waals surface area contributed by atoms with E-state index in [1.54, 1.807) is 41.3 Å². The maximum atomic E-state index is 14.7. The van der Waals surface area contributed by atoms with E-state index < -0.39 is 28.5 Å². The van der Waals surface area contributed by atoms with Gasteiger partial charge in [-0.25, -0.2) is 8.42 Å². The van der Waals surface area contributed by atoms with Gasteiger partial charge in [-0.15, -0.1) is 0 Å². The molecule has 4 aromatic carbocycles. The Morgan fingerprint density at radius 3 is 2.15 bits per heavy atom. The van der Waals surface area contributed by atoms with E-state index in [2.05, 4.69) is 21.2 Å². The number of hydrogen-bond acceptors (Lipinski definition) is 5. The van der Waals surface area contributed by atoms with Crippen molar-refractivity contribution in [3.63, 3.8) is 0 Å². The number of ether oxygens (including phenoxy) is 1. The van der Waals surface area contributed by atoms with E-state index in [1.165, 1.54) is 12.1 Å². The predicted octanol–water partition coefficient (Wildman–Crippen LogP) is 7.05. The summed E-state index contributed by atoms with van der Waals surface area (Å²) in [5.41, 5.74) is 3.11. The van der Waals surface area contributed by atoms with Crippen LogP contribution in [0, 0.1) is 6.92 Å². The van der Waals surface area contributed by atoms with Crippen LogP contribution in [0.5, 0.6) is 5.75 Å². The molecule has 1 saturated carbocycles. The van der Waals surface area contributed by atoms with Crippen molar-refractivity contribution in [1.29, 1.82) is 0 Å². The third-order valence-corrected chi connectivity index (χ3v) is 10.9. The number of rotatable bonds is 14. The number of amides is 2. The Hall–Kier alpha value is -4.15. The number of nitrogens with zero attached hydrogens (tertiary/aromatic N) is 2. The van der Waals surface area contributed by atoms with Gasteiger partial charge in [-0.3, -0.25) is 13.9 Å². The normalized spacial score (nSPS) is 13.9. The second-order valence-corrected chi connectivity index (χ2v) is 14.9. The highest BCUT2D eigenvalue weighted by Gasteiger charge is 2.35. The predicted molar refractivity (Wildman–Crippen MR) is 192 cm³/mol. The molecule has 2 amide bonds. The van der Waals surface area contributed by atoms with Gasteiger partial charge in [-0.05, 0) is 86.3 Å². The molecule has 8 nitrogen and oxygen atoms in total. The van der Waals surface area contributed by atoms with Crippen molar-refractivity contribution in [1.82, 2.24) is 10.2 Å². The Bertz CT molecular complexity index is 1760. The number of benzene rings is 4. The van der Waals surface area contributed by atoms with Crippen LogP contribution in [0.4, 0.5) is 5.69 Å². The first-order valence-electron chi connectivity index (χ1n) is 16.3. The van der Waals surface area contributed by atoms with Crippen LogP contribution in [0.2, 0.25) is 0 Å². The number of carbonyl (C=O) groups is 2. The van der Waals surface area contributed by atoms with Crippen molar-refractivity contribution >= 4 is 43.5 Å². The first-order valence-corrected chi connectivity index (χ1v) is 18.6. The van der Waals surface area contributed by atoms with E-state index in [-0.39, 0.29) is 29.8 Å². The lowest BCUT2D eigenvalue weighted by molar-refractivity contribution is -0.140. The fraction of sp³-hybridized carbons (Fsp3) is 0.316. The molecule has 1 aliphatic carbocycles. The molecule has 0 radical (unpaired) electrons. The largest absolute Gasteiger partial charge is 0.494 e. The monoisotopic (exact) mass is 731 g/mol. The van der Waals surface area contributed by atoms with Gasteiger partial charge in [-0.1, -0.05) is 88.9 Å².